The second kappa shape index (κ2) is 9.34. The summed E-state index contributed by atoms with van der Waals surface area (Å²) in [5.41, 5.74) is 6.90. The molecule has 1 amide bonds. The molecule has 2 N–H and O–H groups in total. The monoisotopic (exact) mass is 364 g/mol. The second-order valence-electron chi connectivity index (χ2n) is 4.75. The van der Waals surface area contributed by atoms with Crippen LogP contribution in [0.15, 0.2) is 28.7 Å². The van der Waals surface area contributed by atoms with Crippen molar-refractivity contribution in [2.75, 3.05) is 13.7 Å². The number of benzene rings is 1. The van der Waals surface area contributed by atoms with Crippen LogP contribution in [0.25, 0.3) is 0 Å². The third-order valence-corrected chi connectivity index (χ3v) is 3.36. The predicted octanol–water partition coefficient (Wildman–Crippen LogP) is 2.58. The number of nitrogens with two attached hydrogens (primary N) is 1. The molecule has 0 aliphatic heterocycles. The topological polar surface area (TPSA) is 55.6 Å². The number of halogens is 2. The first-order valence-corrected chi connectivity index (χ1v) is 7.04. The van der Waals surface area contributed by atoms with E-state index in [1.54, 1.807) is 12.0 Å². The lowest BCUT2D eigenvalue weighted by atomic mass is 10.1. The average molecular weight is 366 g/mol. The van der Waals surface area contributed by atoms with Gasteiger partial charge in [0.05, 0.1) is 6.61 Å². The normalized spacial score (nSPS) is 11.9. The summed E-state index contributed by atoms with van der Waals surface area (Å²) in [6.07, 6.45) is 0. The lowest BCUT2D eigenvalue weighted by Crippen LogP contribution is -2.48. The van der Waals surface area contributed by atoms with Crippen LogP contribution in [0.4, 0.5) is 0 Å². The van der Waals surface area contributed by atoms with Gasteiger partial charge in [-0.2, -0.15) is 0 Å². The number of hydrogen-bond acceptors (Lipinski definition) is 3. The molecule has 0 fully saturated rings. The molecular weight excluding hydrogens is 344 g/mol. The van der Waals surface area contributed by atoms with E-state index in [4.69, 9.17) is 10.5 Å². The van der Waals surface area contributed by atoms with Crippen LogP contribution in [0.3, 0.4) is 0 Å². The number of methoxy groups -OCH3 is 1. The lowest BCUT2D eigenvalue weighted by molar-refractivity contribution is -0.136. The van der Waals surface area contributed by atoms with Crippen molar-refractivity contribution in [3.8, 4) is 0 Å². The predicted molar refractivity (Wildman–Crippen MR) is 86.9 cm³/mol. The fraction of sp³-hybridized carbons (Fsp3) is 0.500. The highest BCUT2D eigenvalue weighted by atomic mass is 79.9. The number of rotatable bonds is 6. The summed E-state index contributed by atoms with van der Waals surface area (Å²) in [6.45, 7) is 4.76. The lowest BCUT2D eigenvalue weighted by Gasteiger charge is -2.29. The van der Waals surface area contributed by atoms with Crippen LogP contribution >= 0.6 is 28.3 Å². The Hall–Kier alpha value is -0.620. The van der Waals surface area contributed by atoms with Gasteiger partial charge in [-0.15, -0.1) is 12.4 Å². The van der Waals surface area contributed by atoms with Gasteiger partial charge in [-0.05, 0) is 31.5 Å². The fourth-order valence-corrected chi connectivity index (χ4v) is 2.03. The van der Waals surface area contributed by atoms with E-state index in [2.05, 4.69) is 15.9 Å². The summed E-state index contributed by atoms with van der Waals surface area (Å²) in [5.74, 6) is -0.0835. The summed E-state index contributed by atoms with van der Waals surface area (Å²) < 4.78 is 5.96. The third-order valence-electron chi connectivity index (χ3n) is 2.84. The number of ether oxygens (including phenoxy) is 1. The molecule has 0 spiro atoms. The van der Waals surface area contributed by atoms with Crippen LogP contribution in [0.1, 0.15) is 19.4 Å². The van der Waals surface area contributed by atoms with E-state index >= 15 is 0 Å². The molecule has 0 aromatic heterocycles. The van der Waals surface area contributed by atoms with E-state index in [0.29, 0.717) is 6.54 Å². The van der Waals surface area contributed by atoms with E-state index in [-0.39, 0.29) is 31.0 Å². The number of carbonyl (C=O) groups excluding carboxylic acids is 1. The smallest absolute Gasteiger partial charge is 0.242 e. The van der Waals surface area contributed by atoms with Crippen molar-refractivity contribution in [3.05, 3.63) is 34.3 Å². The van der Waals surface area contributed by atoms with Crippen molar-refractivity contribution < 1.29 is 9.53 Å². The van der Waals surface area contributed by atoms with Crippen LogP contribution in [-0.2, 0) is 16.1 Å². The zero-order valence-corrected chi connectivity index (χ0v) is 14.4. The highest BCUT2D eigenvalue weighted by molar-refractivity contribution is 9.10. The molecule has 0 saturated heterocycles. The molecular formula is C14H22BrClN2O2. The quantitative estimate of drug-likeness (QED) is 0.843. The molecule has 114 valence electrons. The molecule has 1 aromatic rings. The maximum absolute atomic E-state index is 12.3. The Kier molecular flexibility index (Phi) is 9.05. The summed E-state index contributed by atoms with van der Waals surface area (Å²) >= 11 is 3.40. The van der Waals surface area contributed by atoms with E-state index in [0.717, 1.165) is 10.0 Å². The Morgan fingerprint density at radius 3 is 2.35 bits per heavy atom. The van der Waals surface area contributed by atoms with Crippen molar-refractivity contribution in [1.29, 1.82) is 0 Å². The molecule has 0 aliphatic carbocycles. The van der Waals surface area contributed by atoms with Gasteiger partial charge in [0.15, 0.2) is 0 Å². The largest absolute Gasteiger partial charge is 0.383 e. The first-order valence-electron chi connectivity index (χ1n) is 6.25. The van der Waals surface area contributed by atoms with Crippen LogP contribution in [-0.4, -0.2) is 36.6 Å². The minimum Gasteiger partial charge on any atom is -0.383 e. The fourth-order valence-electron chi connectivity index (χ4n) is 1.77. The molecule has 1 atom stereocenters. The van der Waals surface area contributed by atoms with Gasteiger partial charge in [-0.3, -0.25) is 4.79 Å². The van der Waals surface area contributed by atoms with Crippen molar-refractivity contribution in [3.63, 3.8) is 0 Å². The second-order valence-corrected chi connectivity index (χ2v) is 5.66. The Balaban J connectivity index is 0.00000361. The molecule has 1 aromatic carbocycles. The highest BCUT2D eigenvalue weighted by Gasteiger charge is 2.23. The van der Waals surface area contributed by atoms with E-state index in [1.165, 1.54) is 0 Å². The van der Waals surface area contributed by atoms with E-state index in [1.807, 2.05) is 38.1 Å². The van der Waals surface area contributed by atoms with Crippen molar-refractivity contribution in [2.24, 2.45) is 5.73 Å². The highest BCUT2D eigenvalue weighted by Crippen LogP contribution is 2.14. The zero-order chi connectivity index (χ0) is 14.4. The van der Waals surface area contributed by atoms with Gasteiger partial charge in [-0.1, -0.05) is 28.1 Å². The van der Waals surface area contributed by atoms with Crippen LogP contribution in [0.2, 0.25) is 0 Å². The molecule has 6 heteroatoms. The Bertz CT molecular complexity index is 412. The summed E-state index contributed by atoms with van der Waals surface area (Å²) in [4.78, 5) is 14.0. The average Bonchev–Trinajstić information content (AvgIpc) is 2.37. The number of hydrogen-bond donors (Lipinski definition) is 1. The molecule has 4 nitrogen and oxygen atoms in total. The zero-order valence-electron chi connectivity index (χ0n) is 12.0. The molecule has 1 rings (SSSR count). The van der Waals surface area contributed by atoms with Crippen LogP contribution < -0.4 is 5.73 Å². The summed E-state index contributed by atoms with van der Waals surface area (Å²) in [6, 6.07) is 7.41. The van der Waals surface area contributed by atoms with Crippen molar-refractivity contribution >= 4 is 34.2 Å². The minimum absolute atomic E-state index is 0. The van der Waals surface area contributed by atoms with Crippen molar-refractivity contribution in [1.82, 2.24) is 4.90 Å². The third kappa shape index (κ3) is 5.79. The number of amides is 1. The Labute approximate surface area is 135 Å². The SMILES string of the molecule is COCC(N)C(=O)N(Cc1ccc(Br)cc1)C(C)C.Cl. The van der Waals surface area contributed by atoms with Crippen LogP contribution in [0.5, 0.6) is 0 Å². The Morgan fingerprint density at radius 2 is 1.90 bits per heavy atom. The molecule has 1 unspecified atom stereocenters. The Morgan fingerprint density at radius 1 is 1.35 bits per heavy atom. The molecule has 20 heavy (non-hydrogen) atoms. The molecule has 0 bridgehead atoms. The maximum atomic E-state index is 12.3. The number of nitrogens with zero attached hydrogens (tertiary/aromatic N) is 1. The molecule has 0 heterocycles. The van der Waals surface area contributed by atoms with Gasteiger partial charge in [0.2, 0.25) is 5.91 Å². The van der Waals surface area contributed by atoms with Crippen LogP contribution in [0, 0.1) is 0 Å². The van der Waals surface area contributed by atoms with E-state index < -0.39 is 6.04 Å². The first-order chi connectivity index (χ1) is 8.95. The standard InChI is InChI=1S/C14H21BrN2O2.ClH/c1-10(2)17(14(18)13(16)9-19-3)8-11-4-6-12(15)7-5-11;/h4-7,10,13H,8-9,16H2,1-3H3;1H. The summed E-state index contributed by atoms with van der Waals surface area (Å²) in [7, 11) is 1.54. The molecule has 0 radical (unpaired) electrons. The first kappa shape index (κ1) is 19.4. The maximum Gasteiger partial charge on any atom is 0.242 e. The van der Waals surface area contributed by atoms with E-state index in [9.17, 15) is 4.79 Å². The van der Waals surface area contributed by atoms with Gasteiger partial charge in [0.1, 0.15) is 6.04 Å². The van der Waals surface area contributed by atoms with Crippen molar-refractivity contribution in [2.45, 2.75) is 32.5 Å². The summed E-state index contributed by atoms with van der Waals surface area (Å²) in [5, 5.41) is 0. The van der Waals surface area contributed by atoms with Gasteiger partial charge in [0, 0.05) is 24.2 Å². The molecule has 0 aliphatic rings. The van der Waals surface area contributed by atoms with Gasteiger partial charge >= 0.3 is 0 Å². The van der Waals surface area contributed by atoms with Gasteiger partial charge in [0.25, 0.3) is 0 Å². The molecule has 0 saturated carbocycles. The number of carbonyl (C=O) groups is 1. The minimum atomic E-state index is -0.608. The van der Waals surface area contributed by atoms with Gasteiger partial charge < -0.3 is 15.4 Å². The van der Waals surface area contributed by atoms with Gasteiger partial charge in [-0.25, -0.2) is 0 Å².